The lowest BCUT2D eigenvalue weighted by molar-refractivity contribution is 0.0979. The van der Waals surface area contributed by atoms with Crippen LogP contribution in [0.15, 0.2) is 48.5 Å². The number of aromatic nitrogens is 2. The minimum Gasteiger partial charge on any atom is -0.508 e. The number of rotatable bonds is 2. The molecule has 5 nitrogen and oxygen atoms in total. The van der Waals surface area contributed by atoms with Crippen LogP contribution in [-0.4, -0.2) is 27.5 Å². The van der Waals surface area contributed by atoms with Gasteiger partial charge in [0, 0.05) is 23.8 Å². The van der Waals surface area contributed by atoms with Crippen LogP contribution < -0.4 is 4.90 Å². The number of aromatic hydroxyl groups is 1. The quantitative estimate of drug-likeness (QED) is 0.731. The van der Waals surface area contributed by atoms with Crippen LogP contribution in [-0.2, 0) is 12.8 Å². The summed E-state index contributed by atoms with van der Waals surface area (Å²) < 4.78 is 0. The number of hydrogen-bond acceptors (Lipinski definition) is 3. The molecule has 5 rings (SSSR count). The number of para-hydroxylation sites is 1. The molecule has 0 saturated heterocycles. The first-order valence-corrected chi connectivity index (χ1v) is 9.48. The average molecular weight is 359 g/mol. The fourth-order valence-corrected chi connectivity index (χ4v) is 4.31. The third-order valence-electron chi connectivity index (χ3n) is 5.64. The van der Waals surface area contributed by atoms with Gasteiger partial charge in [-0.15, -0.1) is 0 Å². The number of anilines is 1. The number of nitrogens with one attached hydrogen (secondary N) is 1. The van der Waals surface area contributed by atoms with Crippen LogP contribution in [0, 0.1) is 0 Å². The summed E-state index contributed by atoms with van der Waals surface area (Å²) in [5.74, 6) is 0.642. The van der Waals surface area contributed by atoms with Crippen molar-refractivity contribution in [2.75, 3.05) is 11.4 Å². The second kappa shape index (κ2) is 6.27. The van der Waals surface area contributed by atoms with Crippen molar-refractivity contribution in [1.29, 1.82) is 0 Å². The second-order valence-electron chi connectivity index (χ2n) is 7.34. The molecule has 1 aliphatic carbocycles. The van der Waals surface area contributed by atoms with Gasteiger partial charge in [0.1, 0.15) is 5.75 Å². The molecule has 27 heavy (non-hydrogen) atoms. The van der Waals surface area contributed by atoms with Gasteiger partial charge in [0.15, 0.2) is 5.82 Å². The molecule has 0 radical (unpaired) electrons. The first-order valence-electron chi connectivity index (χ1n) is 9.48. The highest BCUT2D eigenvalue weighted by Crippen LogP contribution is 2.41. The highest BCUT2D eigenvalue weighted by atomic mass is 16.3. The van der Waals surface area contributed by atoms with Crippen molar-refractivity contribution in [2.24, 2.45) is 0 Å². The molecule has 2 aliphatic rings. The van der Waals surface area contributed by atoms with Crippen molar-refractivity contribution in [3.05, 3.63) is 76.9 Å². The number of phenolic OH excluding ortho intramolecular Hbond substituents is 1. The van der Waals surface area contributed by atoms with Crippen molar-refractivity contribution in [3.8, 4) is 5.75 Å². The van der Waals surface area contributed by atoms with E-state index in [1.807, 2.05) is 35.2 Å². The van der Waals surface area contributed by atoms with Crippen LogP contribution in [0.25, 0.3) is 0 Å². The Morgan fingerprint density at radius 1 is 1.11 bits per heavy atom. The SMILES string of the molecule is O=C(c1nc2c([nH]1)CCCC2)N1CC(c2cccc(O)c2)c2ccccc21. The van der Waals surface area contributed by atoms with Crippen LogP contribution in [0.5, 0.6) is 5.75 Å². The largest absolute Gasteiger partial charge is 0.508 e. The molecular formula is C22H21N3O2. The van der Waals surface area contributed by atoms with E-state index >= 15 is 0 Å². The van der Waals surface area contributed by atoms with E-state index < -0.39 is 0 Å². The number of amides is 1. The number of carbonyl (C=O) groups is 1. The summed E-state index contributed by atoms with van der Waals surface area (Å²) in [5.41, 5.74) is 5.19. The summed E-state index contributed by atoms with van der Waals surface area (Å²) in [6.45, 7) is 0.549. The van der Waals surface area contributed by atoms with Crippen LogP contribution in [0.1, 0.15) is 51.9 Å². The van der Waals surface area contributed by atoms with Gasteiger partial charge in [0.05, 0.1) is 5.69 Å². The lowest BCUT2D eigenvalue weighted by Crippen LogP contribution is -2.31. The number of imidazole rings is 1. The van der Waals surface area contributed by atoms with Gasteiger partial charge in [-0.05, 0) is 55.0 Å². The van der Waals surface area contributed by atoms with Crippen LogP contribution >= 0.6 is 0 Å². The van der Waals surface area contributed by atoms with E-state index in [1.165, 1.54) is 0 Å². The van der Waals surface area contributed by atoms with Gasteiger partial charge in [-0.1, -0.05) is 30.3 Å². The summed E-state index contributed by atoms with van der Waals surface area (Å²) >= 11 is 0. The maximum absolute atomic E-state index is 13.3. The third-order valence-corrected chi connectivity index (χ3v) is 5.64. The molecule has 2 heterocycles. The Bertz CT molecular complexity index is 1000. The fraction of sp³-hybridized carbons (Fsp3) is 0.273. The number of hydrogen-bond donors (Lipinski definition) is 2. The van der Waals surface area contributed by atoms with Crippen LogP contribution in [0.3, 0.4) is 0 Å². The van der Waals surface area contributed by atoms with Gasteiger partial charge < -0.3 is 15.0 Å². The van der Waals surface area contributed by atoms with Crippen molar-refractivity contribution in [1.82, 2.24) is 9.97 Å². The van der Waals surface area contributed by atoms with E-state index in [4.69, 9.17) is 0 Å². The zero-order valence-corrected chi connectivity index (χ0v) is 15.0. The number of aromatic amines is 1. The highest BCUT2D eigenvalue weighted by Gasteiger charge is 2.35. The topological polar surface area (TPSA) is 69.2 Å². The Kier molecular flexibility index (Phi) is 3.74. The van der Waals surface area contributed by atoms with Gasteiger partial charge >= 0.3 is 0 Å². The van der Waals surface area contributed by atoms with Crippen molar-refractivity contribution in [3.63, 3.8) is 0 Å². The first-order chi connectivity index (χ1) is 13.2. The molecular weight excluding hydrogens is 338 g/mol. The normalized spacial score (nSPS) is 18.2. The molecule has 0 fully saturated rings. The summed E-state index contributed by atoms with van der Waals surface area (Å²) in [4.78, 5) is 22.9. The second-order valence-corrected chi connectivity index (χ2v) is 7.34. The standard InChI is InChI=1S/C22H21N3O2/c26-15-7-5-6-14(12-15)17-13-25(20-11-4-1-8-16(17)20)22(27)21-23-18-9-2-3-10-19(18)24-21/h1,4-8,11-12,17,26H,2-3,9-10,13H2,(H,23,24). The molecule has 1 aliphatic heterocycles. The Hall–Kier alpha value is -3.08. The van der Waals surface area contributed by atoms with Crippen LogP contribution in [0.4, 0.5) is 5.69 Å². The highest BCUT2D eigenvalue weighted by molar-refractivity contribution is 6.05. The first kappa shape index (κ1) is 16.1. The Morgan fingerprint density at radius 3 is 2.81 bits per heavy atom. The predicted octanol–water partition coefficient (Wildman–Crippen LogP) is 3.79. The molecule has 0 bridgehead atoms. The lowest BCUT2D eigenvalue weighted by atomic mass is 9.93. The number of aryl methyl sites for hydroxylation is 2. The number of fused-ring (bicyclic) bond motifs is 2. The maximum atomic E-state index is 13.3. The number of carbonyl (C=O) groups excluding carboxylic acids is 1. The Morgan fingerprint density at radius 2 is 1.96 bits per heavy atom. The summed E-state index contributed by atoms with van der Waals surface area (Å²) in [6, 6.07) is 15.3. The van der Waals surface area contributed by atoms with E-state index in [1.54, 1.807) is 12.1 Å². The smallest absolute Gasteiger partial charge is 0.294 e. The fourth-order valence-electron chi connectivity index (χ4n) is 4.31. The monoisotopic (exact) mass is 359 g/mol. The molecule has 2 aromatic carbocycles. The molecule has 136 valence electrons. The number of benzene rings is 2. The Balaban J connectivity index is 1.52. The molecule has 1 amide bonds. The molecule has 1 aromatic heterocycles. The molecule has 1 unspecified atom stereocenters. The van der Waals surface area contributed by atoms with Gasteiger partial charge in [-0.2, -0.15) is 0 Å². The third kappa shape index (κ3) is 2.70. The van der Waals surface area contributed by atoms with Crippen molar-refractivity contribution in [2.45, 2.75) is 31.6 Å². The van der Waals surface area contributed by atoms with E-state index in [2.05, 4.69) is 16.0 Å². The molecule has 3 aromatic rings. The van der Waals surface area contributed by atoms with E-state index in [0.29, 0.717) is 12.4 Å². The minimum absolute atomic E-state index is 0.0434. The number of phenols is 1. The molecule has 0 saturated carbocycles. The number of nitrogens with zero attached hydrogens (tertiary/aromatic N) is 2. The molecule has 1 atom stereocenters. The van der Waals surface area contributed by atoms with Gasteiger partial charge in [-0.25, -0.2) is 4.98 Å². The summed E-state index contributed by atoms with van der Waals surface area (Å²) in [7, 11) is 0. The van der Waals surface area contributed by atoms with Crippen molar-refractivity contribution < 1.29 is 9.90 Å². The molecule has 5 heteroatoms. The van der Waals surface area contributed by atoms with E-state index in [0.717, 1.165) is 53.9 Å². The predicted molar refractivity (Wildman–Crippen MR) is 103 cm³/mol. The van der Waals surface area contributed by atoms with Gasteiger partial charge in [-0.3, -0.25) is 4.79 Å². The van der Waals surface area contributed by atoms with Crippen LogP contribution in [0.2, 0.25) is 0 Å². The zero-order chi connectivity index (χ0) is 18.4. The van der Waals surface area contributed by atoms with E-state index in [-0.39, 0.29) is 17.6 Å². The molecule has 2 N–H and O–H groups in total. The van der Waals surface area contributed by atoms with Gasteiger partial charge in [0.2, 0.25) is 0 Å². The maximum Gasteiger partial charge on any atom is 0.294 e. The van der Waals surface area contributed by atoms with E-state index in [9.17, 15) is 9.90 Å². The molecule has 0 spiro atoms. The van der Waals surface area contributed by atoms with Gasteiger partial charge in [0.25, 0.3) is 5.91 Å². The lowest BCUT2D eigenvalue weighted by Gasteiger charge is -2.16. The minimum atomic E-state index is -0.0838. The zero-order valence-electron chi connectivity index (χ0n) is 15.0. The average Bonchev–Trinajstić information content (AvgIpc) is 3.29. The summed E-state index contributed by atoms with van der Waals surface area (Å²) in [6.07, 6.45) is 4.20. The van der Waals surface area contributed by atoms with Crippen molar-refractivity contribution >= 4 is 11.6 Å². The summed E-state index contributed by atoms with van der Waals surface area (Å²) in [5, 5.41) is 9.87. The number of H-pyrrole nitrogens is 1. The Labute approximate surface area is 157 Å².